The first-order valence-electron chi connectivity index (χ1n) is 6.55. The molecule has 0 radical (unpaired) electrons. The molecule has 0 aromatic carbocycles. The summed E-state index contributed by atoms with van der Waals surface area (Å²) in [5.41, 5.74) is 0.287. The van der Waals surface area contributed by atoms with Gasteiger partial charge < -0.3 is 9.80 Å². The molecule has 0 aliphatic carbocycles. The highest BCUT2D eigenvalue weighted by Gasteiger charge is 2.22. The number of nitrogens with zero attached hydrogens (tertiary/aromatic N) is 4. The molecule has 2 rings (SSSR count). The molecule has 1 aliphatic rings. The number of amides is 1. The lowest BCUT2D eigenvalue weighted by molar-refractivity contribution is 0.0749. The Hall–Kier alpha value is -1.36. The Labute approximate surface area is 118 Å². The highest BCUT2D eigenvalue weighted by Crippen LogP contribution is 2.21. The number of carbonyl (C=O) groups excluding carboxylic acids is 1. The third-order valence-electron chi connectivity index (χ3n) is 3.42. The van der Waals surface area contributed by atoms with Crippen molar-refractivity contribution in [3.05, 3.63) is 16.9 Å². The first-order valence-corrected chi connectivity index (χ1v) is 6.93. The van der Waals surface area contributed by atoms with Crippen LogP contribution in [0.5, 0.6) is 0 Å². The molecular weight excluding hydrogens is 264 g/mol. The van der Waals surface area contributed by atoms with Gasteiger partial charge in [0, 0.05) is 26.2 Å². The van der Waals surface area contributed by atoms with Crippen molar-refractivity contribution in [2.24, 2.45) is 0 Å². The Bertz CT molecular complexity index is 472. The first-order chi connectivity index (χ1) is 9.00. The van der Waals surface area contributed by atoms with Crippen LogP contribution in [0.4, 0.5) is 5.95 Å². The Morgan fingerprint density at radius 3 is 2.63 bits per heavy atom. The van der Waals surface area contributed by atoms with Gasteiger partial charge in [-0.15, -0.1) is 0 Å². The minimum Gasteiger partial charge on any atom is -0.341 e. The number of hydrogen-bond acceptors (Lipinski definition) is 4. The van der Waals surface area contributed by atoms with Gasteiger partial charge in [0.25, 0.3) is 5.91 Å². The van der Waals surface area contributed by atoms with Crippen molar-refractivity contribution >= 4 is 23.5 Å². The van der Waals surface area contributed by atoms with Crippen LogP contribution in [0.1, 0.15) is 37.2 Å². The van der Waals surface area contributed by atoms with Crippen molar-refractivity contribution in [1.82, 2.24) is 14.9 Å². The van der Waals surface area contributed by atoms with E-state index in [0.29, 0.717) is 11.0 Å². The average Bonchev–Trinajstić information content (AvgIpc) is 2.91. The van der Waals surface area contributed by atoms with Gasteiger partial charge in [0.15, 0.2) is 5.69 Å². The quantitative estimate of drug-likeness (QED) is 0.853. The summed E-state index contributed by atoms with van der Waals surface area (Å²) in [6, 6.07) is 0.105. The highest BCUT2D eigenvalue weighted by atomic mass is 35.5. The minimum atomic E-state index is -0.164. The summed E-state index contributed by atoms with van der Waals surface area (Å²) >= 11 is 6.06. The van der Waals surface area contributed by atoms with E-state index >= 15 is 0 Å². The van der Waals surface area contributed by atoms with Crippen LogP contribution in [0.3, 0.4) is 0 Å². The van der Waals surface area contributed by atoms with Crippen molar-refractivity contribution in [2.75, 3.05) is 25.0 Å². The maximum Gasteiger partial charge on any atom is 0.274 e. The number of hydrogen-bond donors (Lipinski definition) is 0. The molecule has 19 heavy (non-hydrogen) atoms. The predicted octanol–water partition coefficient (Wildman–Crippen LogP) is 2.21. The molecule has 1 aromatic heterocycles. The minimum absolute atomic E-state index is 0.105. The van der Waals surface area contributed by atoms with Crippen molar-refractivity contribution in [3.63, 3.8) is 0 Å². The number of rotatable bonds is 3. The molecule has 0 N–H and O–H groups in total. The Balaban J connectivity index is 2.28. The van der Waals surface area contributed by atoms with Gasteiger partial charge in [0.05, 0.1) is 11.2 Å². The van der Waals surface area contributed by atoms with Crippen LogP contribution in [0, 0.1) is 0 Å². The maximum absolute atomic E-state index is 12.3. The molecule has 0 unspecified atom stereocenters. The Morgan fingerprint density at radius 2 is 2.05 bits per heavy atom. The smallest absolute Gasteiger partial charge is 0.274 e. The molecule has 1 fully saturated rings. The van der Waals surface area contributed by atoms with E-state index in [9.17, 15) is 4.79 Å². The van der Waals surface area contributed by atoms with Gasteiger partial charge in [-0.25, -0.2) is 9.97 Å². The molecular formula is C13H19ClN4O. The van der Waals surface area contributed by atoms with Gasteiger partial charge in [-0.3, -0.25) is 4.79 Å². The molecule has 0 atom stereocenters. The van der Waals surface area contributed by atoms with E-state index in [1.165, 1.54) is 6.20 Å². The summed E-state index contributed by atoms with van der Waals surface area (Å²) < 4.78 is 0. The summed E-state index contributed by atoms with van der Waals surface area (Å²) in [4.78, 5) is 24.6. The topological polar surface area (TPSA) is 49.3 Å². The van der Waals surface area contributed by atoms with Crippen LogP contribution in [0.2, 0.25) is 5.02 Å². The van der Waals surface area contributed by atoms with Crippen molar-refractivity contribution in [2.45, 2.75) is 32.7 Å². The second-order valence-electron chi connectivity index (χ2n) is 5.07. The van der Waals surface area contributed by atoms with Gasteiger partial charge in [-0.1, -0.05) is 11.6 Å². The second-order valence-corrected chi connectivity index (χ2v) is 5.48. The molecule has 104 valence electrons. The van der Waals surface area contributed by atoms with Crippen molar-refractivity contribution < 1.29 is 4.79 Å². The lowest BCUT2D eigenvalue weighted by Crippen LogP contribution is -2.34. The van der Waals surface area contributed by atoms with E-state index in [2.05, 4.69) is 14.9 Å². The predicted molar refractivity (Wildman–Crippen MR) is 75.7 cm³/mol. The fourth-order valence-electron chi connectivity index (χ4n) is 1.98. The molecule has 1 aromatic rings. The van der Waals surface area contributed by atoms with Crippen LogP contribution in [-0.2, 0) is 0 Å². The van der Waals surface area contributed by atoms with E-state index in [-0.39, 0.29) is 17.6 Å². The molecule has 0 spiro atoms. The number of carbonyl (C=O) groups is 1. The standard InChI is InChI=1S/C13H19ClN4O/c1-9(2)17(3)12(19)11-10(14)8-15-13(16-11)18-6-4-5-7-18/h8-9H,4-7H2,1-3H3. The van der Waals surface area contributed by atoms with E-state index in [0.717, 1.165) is 25.9 Å². The summed E-state index contributed by atoms with van der Waals surface area (Å²) in [7, 11) is 1.75. The summed E-state index contributed by atoms with van der Waals surface area (Å²) in [5, 5.41) is 0.306. The van der Waals surface area contributed by atoms with Crippen molar-refractivity contribution in [1.29, 1.82) is 0 Å². The zero-order valence-electron chi connectivity index (χ0n) is 11.6. The first kappa shape index (κ1) is 14.1. The molecule has 2 heterocycles. The fourth-order valence-corrected chi connectivity index (χ4v) is 2.15. The fraction of sp³-hybridized carbons (Fsp3) is 0.615. The van der Waals surface area contributed by atoms with Gasteiger partial charge in [-0.05, 0) is 26.7 Å². The molecule has 5 nitrogen and oxygen atoms in total. The van der Waals surface area contributed by atoms with E-state index in [1.807, 2.05) is 13.8 Å². The van der Waals surface area contributed by atoms with Crippen LogP contribution in [0.25, 0.3) is 0 Å². The van der Waals surface area contributed by atoms with Crippen molar-refractivity contribution in [3.8, 4) is 0 Å². The lowest BCUT2D eigenvalue weighted by Gasteiger charge is -2.22. The summed E-state index contributed by atoms with van der Waals surface area (Å²) in [6.45, 7) is 5.79. The van der Waals surface area contributed by atoms with E-state index in [4.69, 9.17) is 11.6 Å². The summed E-state index contributed by atoms with van der Waals surface area (Å²) in [6.07, 6.45) is 3.80. The monoisotopic (exact) mass is 282 g/mol. The van der Waals surface area contributed by atoms with Gasteiger partial charge in [0.1, 0.15) is 0 Å². The van der Waals surface area contributed by atoms with Crippen LogP contribution < -0.4 is 4.90 Å². The van der Waals surface area contributed by atoms with E-state index < -0.39 is 0 Å². The molecule has 1 amide bonds. The Kier molecular flexibility index (Phi) is 4.24. The average molecular weight is 283 g/mol. The number of halogens is 1. The second kappa shape index (κ2) is 5.74. The number of anilines is 1. The van der Waals surface area contributed by atoms with E-state index in [1.54, 1.807) is 11.9 Å². The zero-order valence-corrected chi connectivity index (χ0v) is 12.3. The molecule has 0 bridgehead atoms. The van der Waals surface area contributed by atoms with Crippen LogP contribution in [-0.4, -0.2) is 47.0 Å². The highest BCUT2D eigenvalue weighted by molar-refractivity contribution is 6.33. The van der Waals surface area contributed by atoms with Gasteiger partial charge in [-0.2, -0.15) is 0 Å². The largest absolute Gasteiger partial charge is 0.341 e. The van der Waals surface area contributed by atoms with Crippen LogP contribution >= 0.6 is 11.6 Å². The normalized spacial score (nSPS) is 15.1. The lowest BCUT2D eigenvalue weighted by atomic mass is 10.3. The zero-order chi connectivity index (χ0) is 14.0. The van der Waals surface area contributed by atoms with Crippen LogP contribution in [0.15, 0.2) is 6.20 Å². The Morgan fingerprint density at radius 1 is 1.42 bits per heavy atom. The third-order valence-corrected chi connectivity index (χ3v) is 3.69. The van der Waals surface area contributed by atoms with Gasteiger partial charge in [0.2, 0.25) is 5.95 Å². The van der Waals surface area contributed by atoms with Gasteiger partial charge >= 0.3 is 0 Å². The molecule has 1 aliphatic heterocycles. The summed E-state index contributed by atoms with van der Waals surface area (Å²) in [5.74, 6) is 0.435. The molecule has 0 saturated carbocycles. The SMILES string of the molecule is CC(C)N(C)C(=O)c1nc(N2CCCC2)ncc1Cl. The number of aromatic nitrogens is 2. The molecule has 6 heteroatoms. The molecule has 1 saturated heterocycles. The maximum atomic E-state index is 12.3. The third kappa shape index (κ3) is 2.97.